The Labute approximate surface area is 170 Å². The number of piperazine rings is 1. The molecule has 1 aliphatic heterocycles. The molecule has 0 spiro atoms. The molecule has 4 rings (SSSR count). The van der Waals surface area contributed by atoms with Gasteiger partial charge in [-0.2, -0.15) is 18.2 Å². The number of carbonyl (C=O) groups excluding carboxylic acids is 1. The predicted molar refractivity (Wildman–Crippen MR) is 102 cm³/mol. The van der Waals surface area contributed by atoms with E-state index >= 15 is 0 Å². The van der Waals surface area contributed by atoms with E-state index in [0.717, 1.165) is 6.07 Å². The van der Waals surface area contributed by atoms with Crippen molar-refractivity contribution in [3.8, 4) is 11.4 Å². The van der Waals surface area contributed by atoms with Crippen molar-refractivity contribution in [2.45, 2.75) is 13.1 Å². The van der Waals surface area contributed by atoms with Crippen LogP contribution in [0, 0.1) is 6.92 Å². The van der Waals surface area contributed by atoms with Crippen molar-refractivity contribution in [2.24, 2.45) is 0 Å². The Hall–Kier alpha value is -3.43. The number of benzene rings is 1. The van der Waals surface area contributed by atoms with Crippen LogP contribution >= 0.6 is 0 Å². The van der Waals surface area contributed by atoms with Crippen molar-refractivity contribution in [2.75, 3.05) is 31.1 Å². The Morgan fingerprint density at radius 3 is 2.40 bits per heavy atom. The third-order valence-electron chi connectivity index (χ3n) is 4.89. The van der Waals surface area contributed by atoms with Gasteiger partial charge in [0.15, 0.2) is 0 Å². The van der Waals surface area contributed by atoms with Crippen molar-refractivity contribution in [3.05, 3.63) is 59.6 Å². The van der Waals surface area contributed by atoms with Crippen molar-refractivity contribution in [1.29, 1.82) is 0 Å². The largest absolute Gasteiger partial charge is 0.417 e. The zero-order valence-corrected chi connectivity index (χ0v) is 16.1. The number of aromatic nitrogens is 3. The lowest BCUT2D eigenvalue weighted by atomic mass is 10.1. The highest BCUT2D eigenvalue weighted by molar-refractivity contribution is 5.96. The number of aryl methyl sites for hydroxylation is 1. The summed E-state index contributed by atoms with van der Waals surface area (Å²) in [7, 11) is 0. The van der Waals surface area contributed by atoms with E-state index in [1.54, 1.807) is 13.1 Å². The van der Waals surface area contributed by atoms with E-state index in [1.165, 1.54) is 23.1 Å². The molecule has 1 amide bonds. The van der Waals surface area contributed by atoms with E-state index in [-0.39, 0.29) is 5.56 Å². The standard InChI is InChI=1S/C20H18F3N5O2/c1-13-25-18(26-30-13)14-6-7-17(24-12-14)27-8-10-28(11-9-27)19(29)15-4-2-3-5-16(15)20(21,22)23/h2-7,12H,8-11H2,1H3. The normalized spacial score (nSPS) is 14.8. The number of alkyl halides is 3. The van der Waals surface area contributed by atoms with Crippen LogP contribution < -0.4 is 4.90 Å². The monoisotopic (exact) mass is 417 g/mol. The summed E-state index contributed by atoms with van der Waals surface area (Å²) in [4.78, 5) is 24.7. The van der Waals surface area contributed by atoms with Crippen LogP contribution in [0.15, 0.2) is 47.1 Å². The lowest BCUT2D eigenvalue weighted by Crippen LogP contribution is -2.49. The van der Waals surface area contributed by atoms with Gasteiger partial charge in [-0.1, -0.05) is 17.3 Å². The molecule has 0 unspecified atom stereocenters. The topological polar surface area (TPSA) is 75.4 Å². The average Bonchev–Trinajstić information content (AvgIpc) is 3.19. The number of amides is 1. The van der Waals surface area contributed by atoms with E-state index in [1.807, 2.05) is 17.0 Å². The second kappa shape index (κ2) is 7.77. The zero-order valence-electron chi connectivity index (χ0n) is 16.1. The summed E-state index contributed by atoms with van der Waals surface area (Å²) in [6, 6.07) is 8.51. The summed E-state index contributed by atoms with van der Waals surface area (Å²) < 4.78 is 44.6. The van der Waals surface area contributed by atoms with Crippen LogP contribution in [0.1, 0.15) is 21.8 Å². The maximum atomic E-state index is 13.2. The molecule has 1 fully saturated rings. The van der Waals surface area contributed by atoms with Crippen LogP contribution in [0.4, 0.5) is 19.0 Å². The van der Waals surface area contributed by atoms with E-state index in [2.05, 4.69) is 15.1 Å². The van der Waals surface area contributed by atoms with Crippen LogP contribution in [-0.2, 0) is 6.18 Å². The first-order valence-corrected chi connectivity index (χ1v) is 9.30. The minimum absolute atomic E-state index is 0.304. The molecule has 0 saturated carbocycles. The molecule has 7 nitrogen and oxygen atoms in total. The second-order valence-corrected chi connectivity index (χ2v) is 6.86. The quantitative estimate of drug-likeness (QED) is 0.650. The van der Waals surface area contributed by atoms with Crippen molar-refractivity contribution in [1.82, 2.24) is 20.0 Å². The van der Waals surface area contributed by atoms with Gasteiger partial charge in [0.25, 0.3) is 5.91 Å². The number of hydrogen-bond donors (Lipinski definition) is 0. The molecule has 0 aliphatic carbocycles. The maximum Gasteiger partial charge on any atom is 0.417 e. The molecule has 0 bridgehead atoms. The molecule has 2 aromatic heterocycles. The van der Waals surface area contributed by atoms with Crippen LogP contribution in [0.25, 0.3) is 11.4 Å². The van der Waals surface area contributed by atoms with E-state index in [9.17, 15) is 18.0 Å². The number of nitrogens with zero attached hydrogens (tertiary/aromatic N) is 5. The van der Waals surface area contributed by atoms with E-state index < -0.39 is 17.6 Å². The van der Waals surface area contributed by atoms with Gasteiger partial charge in [-0.25, -0.2) is 4.98 Å². The lowest BCUT2D eigenvalue weighted by molar-refractivity contribution is -0.138. The van der Waals surface area contributed by atoms with Gasteiger partial charge in [0.1, 0.15) is 5.82 Å². The summed E-state index contributed by atoms with van der Waals surface area (Å²) >= 11 is 0. The number of hydrogen-bond acceptors (Lipinski definition) is 6. The minimum Gasteiger partial charge on any atom is -0.353 e. The average molecular weight is 417 g/mol. The number of pyridine rings is 1. The Bertz CT molecular complexity index is 1040. The Balaban J connectivity index is 1.42. The number of carbonyl (C=O) groups is 1. The molecule has 30 heavy (non-hydrogen) atoms. The Morgan fingerprint density at radius 2 is 1.80 bits per heavy atom. The minimum atomic E-state index is -4.57. The molecule has 10 heteroatoms. The molecular formula is C20H18F3N5O2. The van der Waals surface area contributed by atoms with Crippen molar-refractivity contribution in [3.63, 3.8) is 0 Å². The first kappa shape index (κ1) is 19.9. The van der Waals surface area contributed by atoms with Crippen LogP contribution in [0.2, 0.25) is 0 Å². The van der Waals surface area contributed by atoms with E-state index in [4.69, 9.17) is 4.52 Å². The predicted octanol–water partition coefficient (Wildman–Crippen LogP) is 3.42. The van der Waals surface area contributed by atoms with Crippen molar-refractivity contribution >= 4 is 11.7 Å². The maximum absolute atomic E-state index is 13.2. The number of rotatable bonds is 3. The number of halogens is 3. The van der Waals surface area contributed by atoms with Gasteiger partial charge >= 0.3 is 6.18 Å². The van der Waals surface area contributed by atoms with E-state index in [0.29, 0.717) is 49.3 Å². The highest BCUT2D eigenvalue weighted by atomic mass is 19.4. The first-order chi connectivity index (χ1) is 14.3. The Morgan fingerprint density at radius 1 is 1.07 bits per heavy atom. The summed E-state index contributed by atoms with van der Waals surface area (Å²) in [6.07, 6.45) is -2.94. The highest BCUT2D eigenvalue weighted by Crippen LogP contribution is 2.32. The molecule has 0 N–H and O–H groups in total. The molecule has 3 heterocycles. The molecule has 0 atom stereocenters. The highest BCUT2D eigenvalue weighted by Gasteiger charge is 2.36. The third kappa shape index (κ3) is 3.98. The summed E-state index contributed by atoms with van der Waals surface area (Å²) in [5.74, 6) is 1.01. The Kier molecular flexibility index (Phi) is 5.15. The summed E-state index contributed by atoms with van der Waals surface area (Å²) in [5, 5.41) is 3.85. The smallest absolute Gasteiger partial charge is 0.353 e. The van der Waals surface area contributed by atoms with Gasteiger partial charge in [0.2, 0.25) is 11.7 Å². The molecule has 0 radical (unpaired) electrons. The van der Waals surface area contributed by atoms with Gasteiger partial charge in [-0.05, 0) is 24.3 Å². The van der Waals surface area contributed by atoms with Gasteiger partial charge in [0.05, 0.1) is 11.1 Å². The fraction of sp³-hybridized carbons (Fsp3) is 0.300. The third-order valence-corrected chi connectivity index (χ3v) is 4.89. The molecule has 3 aromatic rings. The molecule has 1 aromatic carbocycles. The molecule has 1 saturated heterocycles. The summed E-state index contributed by atoms with van der Waals surface area (Å²) in [5.41, 5.74) is -0.518. The molecule has 156 valence electrons. The van der Waals surface area contributed by atoms with Gasteiger partial charge in [0, 0.05) is 44.9 Å². The van der Waals surface area contributed by atoms with Crippen LogP contribution in [0.5, 0.6) is 0 Å². The first-order valence-electron chi connectivity index (χ1n) is 9.30. The summed E-state index contributed by atoms with van der Waals surface area (Å²) in [6.45, 7) is 3.24. The van der Waals surface area contributed by atoms with Gasteiger partial charge in [-0.15, -0.1) is 0 Å². The van der Waals surface area contributed by atoms with Crippen LogP contribution in [-0.4, -0.2) is 52.1 Å². The molecular weight excluding hydrogens is 399 g/mol. The second-order valence-electron chi connectivity index (χ2n) is 6.86. The SMILES string of the molecule is Cc1nc(-c2ccc(N3CCN(C(=O)c4ccccc4C(F)(F)F)CC3)nc2)no1. The van der Waals surface area contributed by atoms with Gasteiger partial charge in [-0.3, -0.25) is 4.79 Å². The molecule has 1 aliphatic rings. The fourth-order valence-corrected chi connectivity index (χ4v) is 3.35. The zero-order chi connectivity index (χ0) is 21.3. The van der Waals surface area contributed by atoms with Gasteiger partial charge < -0.3 is 14.3 Å². The fourth-order valence-electron chi connectivity index (χ4n) is 3.35. The van der Waals surface area contributed by atoms with Crippen molar-refractivity contribution < 1.29 is 22.5 Å². The number of anilines is 1. The lowest BCUT2D eigenvalue weighted by Gasteiger charge is -2.35. The van der Waals surface area contributed by atoms with Crippen LogP contribution in [0.3, 0.4) is 0 Å².